The van der Waals surface area contributed by atoms with Gasteiger partial charge in [-0.2, -0.15) is 0 Å². The summed E-state index contributed by atoms with van der Waals surface area (Å²) < 4.78 is 0. The van der Waals surface area contributed by atoms with E-state index in [9.17, 15) is 14.4 Å². The minimum absolute atomic E-state index is 0.0315. The lowest BCUT2D eigenvalue weighted by atomic mass is 9.93. The highest BCUT2D eigenvalue weighted by Gasteiger charge is 2.27. The number of carboxylic acid groups (broad SMARTS) is 1. The molecule has 0 radical (unpaired) electrons. The first-order valence-corrected chi connectivity index (χ1v) is 9.01. The molecule has 8 nitrogen and oxygen atoms in total. The molecular formula is C19H26N4O4. The first-order valence-electron chi connectivity index (χ1n) is 9.01. The van der Waals surface area contributed by atoms with Gasteiger partial charge in [-0.3, -0.25) is 19.8 Å². The average Bonchev–Trinajstić information content (AvgIpc) is 2.65. The molecule has 1 heterocycles. The maximum atomic E-state index is 12.5. The summed E-state index contributed by atoms with van der Waals surface area (Å²) in [6.45, 7) is 3.11. The van der Waals surface area contributed by atoms with Crippen LogP contribution < -0.4 is 11.1 Å². The van der Waals surface area contributed by atoms with Gasteiger partial charge >= 0.3 is 5.97 Å². The van der Waals surface area contributed by atoms with Gasteiger partial charge < -0.3 is 21.1 Å². The van der Waals surface area contributed by atoms with Gasteiger partial charge in [-0.05, 0) is 30.9 Å². The minimum Gasteiger partial charge on any atom is -0.481 e. The van der Waals surface area contributed by atoms with Crippen LogP contribution in [0.25, 0.3) is 0 Å². The largest absolute Gasteiger partial charge is 0.481 e. The Morgan fingerprint density at radius 3 is 2.30 bits per heavy atom. The van der Waals surface area contributed by atoms with E-state index in [4.69, 9.17) is 16.2 Å². The van der Waals surface area contributed by atoms with Crippen LogP contribution in [0.1, 0.15) is 42.1 Å². The second kappa shape index (κ2) is 9.16. The van der Waals surface area contributed by atoms with Crippen molar-refractivity contribution in [2.45, 2.75) is 26.2 Å². The van der Waals surface area contributed by atoms with E-state index in [0.29, 0.717) is 37.1 Å². The van der Waals surface area contributed by atoms with Gasteiger partial charge in [0, 0.05) is 37.2 Å². The summed E-state index contributed by atoms with van der Waals surface area (Å²) in [5, 5.41) is 18.9. The van der Waals surface area contributed by atoms with Crippen molar-refractivity contribution < 1.29 is 19.5 Å². The van der Waals surface area contributed by atoms with Gasteiger partial charge in [0.25, 0.3) is 5.91 Å². The van der Waals surface area contributed by atoms with Crippen LogP contribution in [0.5, 0.6) is 0 Å². The minimum atomic E-state index is -0.799. The lowest BCUT2D eigenvalue weighted by Crippen LogP contribution is -2.44. The average molecular weight is 374 g/mol. The van der Waals surface area contributed by atoms with Crippen molar-refractivity contribution in [1.29, 1.82) is 5.41 Å². The lowest BCUT2D eigenvalue weighted by Gasteiger charge is -2.33. The van der Waals surface area contributed by atoms with Crippen molar-refractivity contribution in [2.75, 3.05) is 19.6 Å². The van der Waals surface area contributed by atoms with Gasteiger partial charge in [-0.1, -0.05) is 19.1 Å². The van der Waals surface area contributed by atoms with Gasteiger partial charge in [0.1, 0.15) is 5.84 Å². The normalized spacial score (nSPS) is 15.8. The number of carbonyl (C=O) groups excluding carboxylic acids is 2. The highest BCUT2D eigenvalue weighted by atomic mass is 16.4. The smallest absolute Gasteiger partial charge is 0.303 e. The predicted octanol–water partition coefficient (Wildman–Crippen LogP) is 1.05. The molecule has 146 valence electrons. The van der Waals surface area contributed by atoms with E-state index >= 15 is 0 Å². The monoisotopic (exact) mass is 374 g/mol. The third-order valence-electron chi connectivity index (χ3n) is 4.84. The Labute approximate surface area is 158 Å². The predicted molar refractivity (Wildman–Crippen MR) is 101 cm³/mol. The number of likely N-dealkylation sites (tertiary alicyclic amines) is 1. The third-order valence-corrected chi connectivity index (χ3v) is 4.84. The molecule has 1 unspecified atom stereocenters. The van der Waals surface area contributed by atoms with Crippen LogP contribution in [-0.2, 0) is 9.59 Å². The van der Waals surface area contributed by atoms with Gasteiger partial charge in [0.05, 0.1) is 5.92 Å². The number of nitrogen functional groups attached to an aromatic ring is 1. The van der Waals surface area contributed by atoms with Gasteiger partial charge in [-0.15, -0.1) is 0 Å². The second-order valence-corrected chi connectivity index (χ2v) is 6.97. The van der Waals surface area contributed by atoms with Crippen molar-refractivity contribution in [1.82, 2.24) is 10.2 Å². The summed E-state index contributed by atoms with van der Waals surface area (Å²) in [6, 6.07) is 6.39. The van der Waals surface area contributed by atoms with Crippen molar-refractivity contribution in [3.63, 3.8) is 0 Å². The second-order valence-electron chi connectivity index (χ2n) is 6.97. The number of benzene rings is 1. The number of carboxylic acids is 1. The van der Waals surface area contributed by atoms with Crippen LogP contribution in [0.3, 0.4) is 0 Å². The molecule has 8 heteroatoms. The SMILES string of the molecule is CC(CNC(=O)c1ccc(C(=N)N)cc1)C(=O)N1CCC(CC(=O)O)CC1. The van der Waals surface area contributed by atoms with E-state index in [1.54, 1.807) is 36.1 Å². The number of amides is 2. The summed E-state index contributed by atoms with van der Waals surface area (Å²) in [4.78, 5) is 37.2. The van der Waals surface area contributed by atoms with Crippen molar-refractivity contribution in [3.8, 4) is 0 Å². The number of hydrogen-bond acceptors (Lipinski definition) is 4. The Morgan fingerprint density at radius 2 is 1.78 bits per heavy atom. The summed E-state index contributed by atoms with van der Waals surface area (Å²) >= 11 is 0. The van der Waals surface area contributed by atoms with E-state index in [1.165, 1.54) is 0 Å². The number of hydrogen-bond donors (Lipinski definition) is 4. The van der Waals surface area contributed by atoms with E-state index in [1.807, 2.05) is 0 Å². The fraction of sp³-hybridized carbons (Fsp3) is 0.474. The summed E-state index contributed by atoms with van der Waals surface area (Å²) in [5.74, 6) is -1.41. The Hall–Kier alpha value is -2.90. The highest BCUT2D eigenvalue weighted by molar-refractivity contribution is 5.98. The molecule has 27 heavy (non-hydrogen) atoms. The van der Waals surface area contributed by atoms with E-state index in [2.05, 4.69) is 5.32 Å². The fourth-order valence-corrected chi connectivity index (χ4v) is 3.15. The molecule has 1 aromatic rings. The number of carbonyl (C=O) groups is 3. The van der Waals surface area contributed by atoms with Gasteiger partial charge in [0.15, 0.2) is 0 Å². The number of rotatable bonds is 7. The molecule has 0 spiro atoms. The summed E-state index contributed by atoms with van der Waals surface area (Å²) in [6.07, 6.45) is 1.54. The molecule has 1 aliphatic rings. The molecule has 0 saturated carbocycles. The molecule has 1 atom stereocenters. The van der Waals surface area contributed by atoms with Crippen LogP contribution in [-0.4, -0.2) is 53.3 Å². The van der Waals surface area contributed by atoms with Crippen LogP contribution in [0.15, 0.2) is 24.3 Å². The lowest BCUT2D eigenvalue weighted by molar-refractivity contribution is -0.139. The molecular weight excluding hydrogens is 348 g/mol. The van der Waals surface area contributed by atoms with Crippen molar-refractivity contribution >= 4 is 23.6 Å². The zero-order valence-corrected chi connectivity index (χ0v) is 15.4. The van der Waals surface area contributed by atoms with Gasteiger partial charge in [-0.25, -0.2) is 0 Å². The number of aliphatic carboxylic acids is 1. The van der Waals surface area contributed by atoms with Crippen LogP contribution in [0.4, 0.5) is 0 Å². The molecule has 1 aliphatic heterocycles. The Balaban J connectivity index is 1.80. The molecule has 0 aromatic heterocycles. The maximum Gasteiger partial charge on any atom is 0.303 e. The highest BCUT2D eigenvalue weighted by Crippen LogP contribution is 2.21. The molecule has 2 rings (SSSR count). The first-order chi connectivity index (χ1) is 12.8. The zero-order valence-electron chi connectivity index (χ0n) is 15.4. The number of nitrogens with two attached hydrogens (primary N) is 1. The molecule has 0 bridgehead atoms. The third kappa shape index (κ3) is 5.80. The van der Waals surface area contributed by atoms with Crippen molar-refractivity contribution in [2.24, 2.45) is 17.6 Å². The molecule has 1 saturated heterocycles. The Bertz CT molecular complexity index is 709. The van der Waals surface area contributed by atoms with E-state index < -0.39 is 5.97 Å². The van der Waals surface area contributed by atoms with Gasteiger partial charge in [0.2, 0.25) is 5.91 Å². The van der Waals surface area contributed by atoms with Crippen LogP contribution >= 0.6 is 0 Å². The maximum absolute atomic E-state index is 12.5. The van der Waals surface area contributed by atoms with Crippen molar-refractivity contribution in [3.05, 3.63) is 35.4 Å². The first kappa shape index (κ1) is 20.4. The molecule has 2 amide bonds. The summed E-state index contributed by atoms with van der Waals surface area (Å²) in [5.41, 5.74) is 6.37. The Kier molecular flexibility index (Phi) is 6.92. The summed E-state index contributed by atoms with van der Waals surface area (Å²) in [7, 11) is 0. The Morgan fingerprint density at radius 1 is 1.22 bits per heavy atom. The van der Waals surface area contributed by atoms with E-state index in [-0.39, 0.29) is 42.5 Å². The molecule has 1 fully saturated rings. The van der Waals surface area contributed by atoms with Crippen LogP contribution in [0, 0.1) is 17.2 Å². The molecule has 1 aromatic carbocycles. The fourth-order valence-electron chi connectivity index (χ4n) is 3.15. The zero-order chi connectivity index (χ0) is 20.0. The molecule has 0 aliphatic carbocycles. The van der Waals surface area contributed by atoms with Crippen LogP contribution in [0.2, 0.25) is 0 Å². The number of piperidine rings is 1. The number of amidine groups is 1. The quantitative estimate of drug-likeness (QED) is 0.418. The number of nitrogens with one attached hydrogen (secondary N) is 2. The topological polar surface area (TPSA) is 137 Å². The number of nitrogens with zero attached hydrogens (tertiary/aromatic N) is 1. The van der Waals surface area contributed by atoms with E-state index in [0.717, 1.165) is 0 Å². The molecule has 5 N–H and O–H groups in total. The standard InChI is InChI=1S/C19H26N4O4/c1-12(19(27)23-8-6-13(7-9-23)10-16(24)25)11-22-18(26)15-4-2-14(3-5-15)17(20)21/h2-5,12-13H,6-11H2,1H3,(H3,20,21)(H,22,26)(H,24,25).